The third kappa shape index (κ3) is 2.89. The Kier molecular flexibility index (Phi) is 4.11. The van der Waals surface area contributed by atoms with Crippen LogP contribution in [0.25, 0.3) is 0 Å². The van der Waals surface area contributed by atoms with Crippen LogP contribution in [0.5, 0.6) is 0 Å². The Morgan fingerprint density at radius 1 is 1.33 bits per heavy atom. The SMILES string of the molecule is CCC(C)C1CN(CC2Cc3ccccc32)C(C)(C)CN1. The molecule has 2 heteroatoms. The molecule has 0 amide bonds. The second-order valence-corrected chi connectivity index (χ2v) is 7.69. The first-order valence-corrected chi connectivity index (χ1v) is 8.57. The maximum Gasteiger partial charge on any atom is 0.0278 e. The van der Waals surface area contributed by atoms with Crippen LogP contribution in [0.1, 0.15) is 51.2 Å². The summed E-state index contributed by atoms with van der Waals surface area (Å²) >= 11 is 0. The lowest BCUT2D eigenvalue weighted by atomic mass is 9.76. The number of nitrogens with one attached hydrogen (secondary N) is 1. The molecule has 1 aromatic rings. The van der Waals surface area contributed by atoms with Crippen molar-refractivity contribution in [1.29, 1.82) is 0 Å². The Balaban J connectivity index is 1.68. The summed E-state index contributed by atoms with van der Waals surface area (Å²) in [6, 6.07) is 9.62. The van der Waals surface area contributed by atoms with Gasteiger partial charge in [0.25, 0.3) is 0 Å². The summed E-state index contributed by atoms with van der Waals surface area (Å²) in [6.07, 6.45) is 2.53. The van der Waals surface area contributed by atoms with Gasteiger partial charge in [-0.15, -0.1) is 0 Å². The van der Waals surface area contributed by atoms with Crippen molar-refractivity contribution in [1.82, 2.24) is 10.2 Å². The van der Waals surface area contributed by atoms with Gasteiger partial charge < -0.3 is 5.32 Å². The van der Waals surface area contributed by atoms with Gasteiger partial charge in [0.05, 0.1) is 0 Å². The van der Waals surface area contributed by atoms with Gasteiger partial charge in [0, 0.05) is 37.1 Å². The van der Waals surface area contributed by atoms with Crippen molar-refractivity contribution in [2.75, 3.05) is 19.6 Å². The first-order valence-electron chi connectivity index (χ1n) is 8.57. The van der Waals surface area contributed by atoms with Gasteiger partial charge in [-0.2, -0.15) is 0 Å². The lowest BCUT2D eigenvalue weighted by molar-refractivity contribution is 0.0442. The highest BCUT2D eigenvalue weighted by atomic mass is 15.3. The third-order valence-corrected chi connectivity index (χ3v) is 5.80. The first kappa shape index (κ1) is 15.1. The topological polar surface area (TPSA) is 15.3 Å². The van der Waals surface area contributed by atoms with E-state index in [1.165, 1.54) is 25.9 Å². The largest absolute Gasteiger partial charge is 0.311 e. The minimum Gasteiger partial charge on any atom is -0.311 e. The highest BCUT2D eigenvalue weighted by Gasteiger charge is 2.38. The Hall–Kier alpha value is -0.860. The molecular formula is C19H30N2. The summed E-state index contributed by atoms with van der Waals surface area (Å²) in [7, 11) is 0. The zero-order valence-corrected chi connectivity index (χ0v) is 14.0. The maximum absolute atomic E-state index is 3.78. The van der Waals surface area contributed by atoms with E-state index in [4.69, 9.17) is 0 Å². The number of hydrogen-bond donors (Lipinski definition) is 1. The Bertz CT molecular complexity index is 494. The molecule has 1 aromatic carbocycles. The fraction of sp³-hybridized carbons (Fsp3) is 0.684. The van der Waals surface area contributed by atoms with E-state index in [9.17, 15) is 0 Å². The Morgan fingerprint density at radius 3 is 2.81 bits per heavy atom. The molecule has 0 spiro atoms. The lowest BCUT2D eigenvalue weighted by Gasteiger charge is -2.50. The zero-order valence-electron chi connectivity index (χ0n) is 14.0. The number of benzene rings is 1. The fourth-order valence-corrected chi connectivity index (χ4v) is 3.82. The Morgan fingerprint density at radius 2 is 2.10 bits per heavy atom. The van der Waals surface area contributed by atoms with Crippen LogP contribution in [-0.2, 0) is 6.42 Å². The van der Waals surface area contributed by atoms with Crippen molar-refractivity contribution in [2.24, 2.45) is 5.92 Å². The zero-order chi connectivity index (χ0) is 15.0. The van der Waals surface area contributed by atoms with Crippen LogP contribution >= 0.6 is 0 Å². The van der Waals surface area contributed by atoms with Crippen molar-refractivity contribution >= 4 is 0 Å². The highest BCUT2D eigenvalue weighted by molar-refractivity contribution is 5.40. The first-order chi connectivity index (χ1) is 10.0. The van der Waals surface area contributed by atoms with Gasteiger partial charge >= 0.3 is 0 Å². The van der Waals surface area contributed by atoms with Crippen LogP contribution < -0.4 is 5.32 Å². The second kappa shape index (κ2) is 5.73. The molecule has 3 rings (SSSR count). The van der Waals surface area contributed by atoms with Crippen molar-refractivity contribution in [3.63, 3.8) is 0 Å². The molecule has 1 N–H and O–H groups in total. The van der Waals surface area contributed by atoms with Gasteiger partial charge in [0.2, 0.25) is 0 Å². The predicted molar refractivity (Wildman–Crippen MR) is 89.8 cm³/mol. The van der Waals surface area contributed by atoms with Gasteiger partial charge in [-0.25, -0.2) is 0 Å². The summed E-state index contributed by atoms with van der Waals surface area (Å²) in [5, 5.41) is 3.78. The van der Waals surface area contributed by atoms with Crippen LogP contribution in [0, 0.1) is 5.92 Å². The van der Waals surface area contributed by atoms with Crippen LogP contribution in [0.3, 0.4) is 0 Å². The molecule has 0 bridgehead atoms. The van der Waals surface area contributed by atoms with E-state index in [1.807, 2.05) is 0 Å². The van der Waals surface area contributed by atoms with Gasteiger partial charge in [-0.1, -0.05) is 44.5 Å². The maximum atomic E-state index is 3.78. The van der Waals surface area contributed by atoms with E-state index in [2.05, 4.69) is 62.2 Å². The monoisotopic (exact) mass is 286 g/mol. The van der Waals surface area contributed by atoms with E-state index in [0.717, 1.165) is 18.4 Å². The molecule has 1 saturated heterocycles. The predicted octanol–water partition coefficient (Wildman–Crippen LogP) is 3.42. The summed E-state index contributed by atoms with van der Waals surface area (Å²) in [4.78, 5) is 2.74. The molecule has 116 valence electrons. The summed E-state index contributed by atoms with van der Waals surface area (Å²) in [5.41, 5.74) is 3.43. The normalized spacial score (nSPS) is 29.5. The smallest absolute Gasteiger partial charge is 0.0278 e. The van der Waals surface area contributed by atoms with Crippen molar-refractivity contribution < 1.29 is 0 Å². The summed E-state index contributed by atoms with van der Waals surface area (Å²) in [6.45, 7) is 13.0. The molecule has 2 nitrogen and oxygen atoms in total. The number of piperazine rings is 1. The minimum absolute atomic E-state index is 0.272. The number of fused-ring (bicyclic) bond motifs is 1. The average Bonchev–Trinajstić information content (AvgIpc) is 2.45. The van der Waals surface area contributed by atoms with Gasteiger partial charge in [-0.3, -0.25) is 4.90 Å². The highest BCUT2D eigenvalue weighted by Crippen LogP contribution is 2.37. The fourth-order valence-electron chi connectivity index (χ4n) is 3.82. The van der Waals surface area contributed by atoms with Gasteiger partial charge in [0.1, 0.15) is 0 Å². The molecule has 0 saturated carbocycles. The lowest BCUT2D eigenvalue weighted by Crippen LogP contribution is -2.64. The molecule has 0 aromatic heterocycles. The number of nitrogens with zero attached hydrogens (tertiary/aromatic N) is 1. The van der Waals surface area contributed by atoms with Gasteiger partial charge in [0.15, 0.2) is 0 Å². The third-order valence-electron chi connectivity index (χ3n) is 5.80. The average molecular weight is 286 g/mol. The van der Waals surface area contributed by atoms with E-state index < -0.39 is 0 Å². The molecule has 3 unspecified atom stereocenters. The van der Waals surface area contributed by atoms with E-state index >= 15 is 0 Å². The second-order valence-electron chi connectivity index (χ2n) is 7.69. The van der Waals surface area contributed by atoms with Crippen LogP contribution in [-0.4, -0.2) is 36.1 Å². The molecule has 1 aliphatic carbocycles. The van der Waals surface area contributed by atoms with Crippen molar-refractivity contribution in [2.45, 2.75) is 58.0 Å². The van der Waals surface area contributed by atoms with Crippen molar-refractivity contribution in [3.8, 4) is 0 Å². The molecular weight excluding hydrogens is 256 g/mol. The molecule has 3 atom stereocenters. The summed E-state index contributed by atoms with van der Waals surface area (Å²) < 4.78 is 0. The molecule has 21 heavy (non-hydrogen) atoms. The van der Waals surface area contributed by atoms with E-state index in [1.54, 1.807) is 11.1 Å². The number of rotatable bonds is 4. The van der Waals surface area contributed by atoms with Gasteiger partial charge in [-0.05, 0) is 37.3 Å². The summed E-state index contributed by atoms with van der Waals surface area (Å²) in [5.74, 6) is 1.51. The molecule has 0 radical (unpaired) electrons. The Labute approximate surface area is 129 Å². The van der Waals surface area contributed by atoms with Crippen LogP contribution in [0.4, 0.5) is 0 Å². The molecule has 2 aliphatic rings. The van der Waals surface area contributed by atoms with E-state index in [0.29, 0.717) is 6.04 Å². The standard InChI is InChI=1S/C19H30N2/c1-5-14(2)18-12-21(19(3,4)13-20-18)11-16-10-15-8-6-7-9-17(15)16/h6-9,14,16,18,20H,5,10-13H2,1-4H3. The molecule has 1 fully saturated rings. The quantitative estimate of drug-likeness (QED) is 0.912. The molecule has 1 aliphatic heterocycles. The minimum atomic E-state index is 0.272. The van der Waals surface area contributed by atoms with E-state index in [-0.39, 0.29) is 5.54 Å². The molecule has 1 heterocycles. The van der Waals surface area contributed by atoms with Crippen LogP contribution in [0.15, 0.2) is 24.3 Å². The van der Waals surface area contributed by atoms with Crippen LogP contribution in [0.2, 0.25) is 0 Å². The number of hydrogen-bond acceptors (Lipinski definition) is 2. The van der Waals surface area contributed by atoms with Crippen molar-refractivity contribution in [3.05, 3.63) is 35.4 Å².